The first-order chi connectivity index (χ1) is 9.18. The second-order valence-electron chi connectivity index (χ2n) is 3.78. The van der Waals surface area contributed by atoms with Crippen LogP contribution in [-0.4, -0.2) is 21.0 Å². The van der Waals surface area contributed by atoms with Gasteiger partial charge in [-0.05, 0) is 36.5 Å². The summed E-state index contributed by atoms with van der Waals surface area (Å²) in [6.07, 6.45) is -1.01. The van der Waals surface area contributed by atoms with Crippen molar-refractivity contribution in [3.8, 4) is 0 Å². The van der Waals surface area contributed by atoms with E-state index in [0.29, 0.717) is 5.69 Å². The standard InChI is InChI=1S/C11H11Cl3FN3OS/c1-6(19)16-9(11(12,13)14)18-10(20)17-8-4-2-7(15)3-5-8/h2-5,9H,1H3,(H,16,19)(H2,17,18,20)/t9-/m1/s1. The van der Waals surface area contributed by atoms with E-state index in [4.69, 9.17) is 47.0 Å². The number of rotatable bonds is 3. The summed E-state index contributed by atoms with van der Waals surface area (Å²) in [5.41, 5.74) is 0.551. The van der Waals surface area contributed by atoms with Gasteiger partial charge >= 0.3 is 0 Å². The molecule has 1 rings (SSSR count). The lowest BCUT2D eigenvalue weighted by Crippen LogP contribution is -2.55. The quantitative estimate of drug-likeness (QED) is 0.442. The molecule has 0 saturated heterocycles. The molecule has 0 aromatic heterocycles. The van der Waals surface area contributed by atoms with Crippen LogP contribution in [0.25, 0.3) is 0 Å². The van der Waals surface area contributed by atoms with Gasteiger partial charge in [0, 0.05) is 12.6 Å². The van der Waals surface area contributed by atoms with Crippen LogP contribution in [0.1, 0.15) is 6.92 Å². The molecule has 20 heavy (non-hydrogen) atoms. The van der Waals surface area contributed by atoms with Crippen molar-refractivity contribution < 1.29 is 9.18 Å². The Morgan fingerprint density at radius 2 is 1.80 bits per heavy atom. The van der Waals surface area contributed by atoms with Crippen molar-refractivity contribution in [3.05, 3.63) is 30.1 Å². The molecule has 1 amide bonds. The van der Waals surface area contributed by atoms with Gasteiger partial charge in [-0.2, -0.15) is 0 Å². The minimum atomic E-state index is -1.79. The van der Waals surface area contributed by atoms with E-state index in [1.807, 2.05) is 0 Å². The maximum atomic E-state index is 12.8. The van der Waals surface area contributed by atoms with E-state index in [2.05, 4.69) is 16.0 Å². The Bertz CT molecular complexity index is 493. The number of nitrogens with one attached hydrogen (secondary N) is 3. The Labute approximate surface area is 136 Å². The molecule has 110 valence electrons. The van der Waals surface area contributed by atoms with Crippen LogP contribution in [-0.2, 0) is 4.79 Å². The number of benzene rings is 1. The molecule has 0 aliphatic heterocycles. The highest BCUT2D eigenvalue weighted by Gasteiger charge is 2.33. The second kappa shape index (κ2) is 7.26. The highest BCUT2D eigenvalue weighted by Crippen LogP contribution is 2.29. The van der Waals surface area contributed by atoms with Crippen LogP contribution in [0.15, 0.2) is 24.3 Å². The van der Waals surface area contributed by atoms with Gasteiger partial charge in [0.05, 0.1) is 0 Å². The number of carbonyl (C=O) groups excluding carboxylic acids is 1. The van der Waals surface area contributed by atoms with E-state index in [-0.39, 0.29) is 10.9 Å². The molecule has 0 saturated carbocycles. The van der Waals surface area contributed by atoms with Crippen molar-refractivity contribution >= 4 is 63.7 Å². The number of anilines is 1. The number of hydrogen-bond acceptors (Lipinski definition) is 2. The number of amides is 1. The molecular weight excluding hydrogens is 348 g/mol. The average molecular weight is 359 g/mol. The maximum absolute atomic E-state index is 12.8. The largest absolute Gasteiger partial charge is 0.339 e. The maximum Gasteiger partial charge on any atom is 0.228 e. The van der Waals surface area contributed by atoms with Gasteiger partial charge in [0.1, 0.15) is 12.0 Å². The van der Waals surface area contributed by atoms with Gasteiger partial charge in [0.25, 0.3) is 0 Å². The molecule has 0 unspecified atom stereocenters. The van der Waals surface area contributed by atoms with Gasteiger partial charge in [0.15, 0.2) is 5.11 Å². The number of alkyl halides is 3. The second-order valence-corrected chi connectivity index (χ2v) is 6.56. The predicted octanol–water partition coefficient (Wildman–Crippen LogP) is 2.94. The molecule has 0 fully saturated rings. The first kappa shape index (κ1) is 17.2. The van der Waals surface area contributed by atoms with E-state index in [1.165, 1.54) is 31.2 Å². The summed E-state index contributed by atoms with van der Waals surface area (Å²) in [5, 5.41) is 7.95. The fourth-order valence-electron chi connectivity index (χ4n) is 1.23. The number of carbonyl (C=O) groups is 1. The zero-order chi connectivity index (χ0) is 15.3. The summed E-state index contributed by atoms with van der Waals surface area (Å²) in [6.45, 7) is 1.28. The highest BCUT2D eigenvalue weighted by molar-refractivity contribution is 7.80. The Morgan fingerprint density at radius 1 is 1.25 bits per heavy atom. The fraction of sp³-hybridized carbons (Fsp3) is 0.273. The lowest BCUT2D eigenvalue weighted by molar-refractivity contribution is -0.119. The molecule has 0 heterocycles. The molecule has 0 aliphatic carbocycles. The number of thiocarbonyl (C=S) groups is 1. The Kier molecular flexibility index (Phi) is 6.26. The zero-order valence-electron chi connectivity index (χ0n) is 10.2. The van der Waals surface area contributed by atoms with Crippen LogP contribution < -0.4 is 16.0 Å². The zero-order valence-corrected chi connectivity index (χ0v) is 13.3. The summed E-state index contributed by atoms with van der Waals surface area (Å²) in [4.78, 5) is 11.0. The van der Waals surface area contributed by atoms with Gasteiger partial charge < -0.3 is 16.0 Å². The van der Waals surface area contributed by atoms with E-state index >= 15 is 0 Å². The molecular formula is C11H11Cl3FN3OS. The topological polar surface area (TPSA) is 53.2 Å². The van der Waals surface area contributed by atoms with Crippen LogP contribution in [0.3, 0.4) is 0 Å². The van der Waals surface area contributed by atoms with Gasteiger partial charge in [-0.3, -0.25) is 4.79 Å². The minimum Gasteiger partial charge on any atom is -0.339 e. The van der Waals surface area contributed by atoms with E-state index in [9.17, 15) is 9.18 Å². The van der Waals surface area contributed by atoms with E-state index in [0.717, 1.165) is 0 Å². The van der Waals surface area contributed by atoms with E-state index < -0.39 is 15.9 Å². The third-order valence-corrected chi connectivity index (χ3v) is 2.93. The Hall–Kier alpha value is -0.820. The SMILES string of the molecule is CC(=O)N[C@H](NC(=S)Nc1ccc(F)cc1)C(Cl)(Cl)Cl. The lowest BCUT2D eigenvalue weighted by Gasteiger charge is -2.27. The highest BCUT2D eigenvalue weighted by atomic mass is 35.6. The van der Waals surface area contributed by atoms with Crippen molar-refractivity contribution in [3.63, 3.8) is 0 Å². The molecule has 0 radical (unpaired) electrons. The fourth-order valence-corrected chi connectivity index (χ4v) is 1.80. The first-order valence-electron chi connectivity index (χ1n) is 5.35. The molecule has 9 heteroatoms. The number of halogens is 4. The first-order valence-corrected chi connectivity index (χ1v) is 6.89. The lowest BCUT2D eigenvalue weighted by atomic mass is 10.3. The Morgan fingerprint density at radius 3 is 2.25 bits per heavy atom. The van der Waals surface area contributed by atoms with Crippen molar-refractivity contribution in [2.24, 2.45) is 0 Å². The van der Waals surface area contributed by atoms with Crippen LogP contribution >= 0.6 is 47.0 Å². The van der Waals surface area contributed by atoms with Crippen molar-refractivity contribution in [1.82, 2.24) is 10.6 Å². The predicted molar refractivity (Wildman–Crippen MR) is 83.7 cm³/mol. The molecule has 0 spiro atoms. The van der Waals surface area contributed by atoms with Crippen LogP contribution in [0.4, 0.5) is 10.1 Å². The number of hydrogen-bond donors (Lipinski definition) is 3. The van der Waals surface area contributed by atoms with Gasteiger partial charge in [-0.1, -0.05) is 34.8 Å². The summed E-state index contributed by atoms with van der Waals surface area (Å²) in [6, 6.07) is 5.52. The van der Waals surface area contributed by atoms with Gasteiger partial charge in [-0.15, -0.1) is 0 Å². The molecule has 1 atom stereocenters. The molecule has 4 nitrogen and oxygen atoms in total. The van der Waals surface area contributed by atoms with E-state index in [1.54, 1.807) is 0 Å². The normalized spacial score (nSPS) is 12.4. The van der Waals surface area contributed by atoms with Gasteiger partial charge in [-0.25, -0.2) is 4.39 Å². The average Bonchev–Trinajstić information content (AvgIpc) is 2.29. The summed E-state index contributed by atoms with van der Waals surface area (Å²) < 4.78 is 11.0. The third-order valence-electron chi connectivity index (χ3n) is 2.05. The van der Waals surface area contributed by atoms with Crippen molar-refractivity contribution in [1.29, 1.82) is 0 Å². The monoisotopic (exact) mass is 357 g/mol. The van der Waals surface area contributed by atoms with Crippen molar-refractivity contribution in [2.75, 3.05) is 5.32 Å². The Balaban J connectivity index is 2.66. The smallest absolute Gasteiger partial charge is 0.228 e. The van der Waals surface area contributed by atoms with Crippen molar-refractivity contribution in [2.45, 2.75) is 16.9 Å². The van der Waals surface area contributed by atoms with Crippen LogP contribution in [0.2, 0.25) is 0 Å². The minimum absolute atomic E-state index is 0.113. The molecule has 1 aromatic rings. The molecule has 0 aliphatic rings. The van der Waals surface area contributed by atoms with Crippen LogP contribution in [0, 0.1) is 5.82 Å². The van der Waals surface area contributed by atoms with Gasteiger partial charge in [0.2, 0.25) is 9.70 Å². The summed E-state index contributed by atoms with van der Waals surface area (Å²) >= 11 is 22.2. The summed E-state index contributed by atoms with van der Waals surface area (Å²) in [5.74, 6) is -0.759. The van der Waals surface area contributed by atoms with Crippen LogP contribution in [0.5, 0.6) is 0 Å². The molecule has 3 N–H and O–H groups in total. The summed E-state index contributed by atoms with van der Waals surface area (Å²) in [7, 11) is 0. The third kappa shape index (κ3) is 6.09. The molecule has 0 bridgehead atoms. The molecule has 1 aromatic carbocycles.